The zero-order valence-corrected chi connectivity index (χ0v) is 27.2. The molecule has 0 aliphatic rings. The highest BCUT2D eigenvalue weighted by Gasteiger charge is 2.29. The van der Waals surface area contributed by atoms with Gasteiger partial charge >= 0.3 is 17.9 Å². The van der Waals surface area contributed by atoms with E-state index >= 15 is 0 Å². The molecule has 46 heavy (non-hydrogen) atoms. The summed E-state index contributed by atoms with van der Waals surface area (Å²) in [6.07, 6.45) is 10.6. The van der Waals surface area contributed by atoms with Crippen molar-refractivity contribution in [3.05, 3.63) is 151 Å². The Balaban J connectivity index is 1.99. The van der Waals surface area contributed by atoms with Gasteiger partial charge in [-0.1, -0.05) is 109 Å². The second-order valence-corrected chi connectivity index (χ2v) is 11.9. The lowest BCUT2D eigenvalue weighted by Gasteiger charge is -2.31. The van der Waals surface area contributed by atoms with Crippen LogP contribution in [0.4, 0.5) is 0 Å². The topological polar surface area (TPSA) is 78.9 Å². The number of allylic oxidation sites excluding steroid dienone is 4. The summed E-state index contributed by atoms with van der Waals surface area (Å²) in [4.78, 5) is 35.1. The third-order valence-corrected chi connectivity index (χ3v) is 7.77. The molecule has 0 radical (unpaired) electrons. The molecule has 6 nitrogen and oxygen atoms in total. The maximum atomic E-state index is 11.7. The molecule has 0 aromatic heterocycles. The molecule has 0 N–H and O–H groups in total. The van der Waals surface area contributed by atoms with Gasteiger partial charge in [0, 0.05) is 29.1 Å². The summed E-state index contributed by atoms with van der Waals surface area (Å²) in [5.41, 5.74) is 3.36. The van der Waals surface area contributed by atoms with Gasteiger partial charge in [0.15, 0.2) is 0 Å². The highest BCUT2D eigenvalue weighted by molar-refractivity contribution is 5.84. The van der Waals surface area contributed by atoms with Gasteiger partial charge in [0.05, 0.1) is 0 Å². The van der Waals surface area contributed by atoms with E-state index in [9.17, 15) is 14.4 Å². The fourth-order valence-corrected chi connectivity index (χ4v) is 5.02. The molecule has 0 unspecified atom stereocenters. The van der Waals surface area contributed by atoms with Crippen LogP contribution in [0.25, 0.3) is 0 Å². The molecule has 0 heterocycles. The zero-order valence-electron chi connectivity index (χ0n) is 27.2. The SMILES string of the molecule is C=CC(=O)Oc1ccc(C(C)(C)C(/C=C\CC(C)(c2ccc(OC(=O)C=C)cc2)c2ccc(OC(=O)C=C)cc2)=C/C(C)C)cc1. The van der Waals surface area contributed by atoms with Gasteiger partial charge in [0.25, 0.3) is 0 Å². The first-order chi connectivity index (χ1) is 21.8. The van der Waals surface area contributed by atoms with Crippen LogP contribution in [-0.4, -0.2) is 17.9 Å². The number of ether oxygens (including phenoxy) is 3. The Labute approximate surface area is 272 Å². The fourth-order valence-electron chi connectivity index (χ4n) is 5.02. The van der Waals surface area contributed by atoms with Crippen molar-refractivity contribution in [3.8, 4) is 17.2 Å². The summed E-state index contributed by atoms with van der Waals surface area (Å²) in [5, 5.41) is 0. The van der Waals surface area contributed by atoms with Crippen LogP contribution in [-0.2, 0) is 25.2 Å². The lowest BCUT2D eigenvalue weighted by Crippen LogP contribution is -2.23. The quantitative estimate of drug-likeness (QED) is 0.0778. The van der Waals surface area contributed by atoms with Crippen molar-refractivity contribution in [2.75, 3.05) is 0 Å². The van der Waals surface area contributed by atoms with Crippen molar-refractivity contribution < 1.29 is 28.6 Å². The minimum atomic E-state index is -0.525. The van der Waals surface area contributed by atoms with Crippen molar-refractivity contribution in [3.63, 3.8) is 0 Å². The molecule has 6 heteroatoms. The number of benzene rings is 3. The normalized spacial score (nSPS) is 12.0. The summed E-state index contributed by atoms with van der Waals surface area (Å²) >= 11 is 0. The maximum Gasteiger partial charge on any atom is 0.335 e. The van der Waals surface area contributed by atoms with E-state index in [1.807, 2.05) is 36.4 Å². The Morgan fingerprint density at radius 2 is 0.978 bits per heavy atom. The summed E-state index contributed by atoms with van der Waals surface area (Å²) in [5.74, 6) is 0.0544. The molecule has 3 rings (SSSR count). The van der Waals surface area contributed by atoms with Crippen molar-refractivity contribution >= 4 is 17.9 Å². The standard InChI is InChI=1S/C40H42O6/c1-9-36(41)44-33-20-14-29(15-21-33)39(6,7)32(27-28(4)5)13-12-26-40(8,30-16-22-34(23-17-30)45-37(42)10-2)31-18-24-35(25-19-31)46-38(43)11-3/h9-25,27-28H,1-3,26H2,4-8H3/b13-12-,32-27+. The van der Waals surface area contributed by atoms with Crippen LogP contribution in [0.15, 0.2) is 135 Å². The molecule has 0 aliphatic carbocycles. The minimum absolute atomic E-state index is 0.301. The molecule has 0 spiro atoms. The third-order valence-electron chi connectivity index (χ3n) is 7.77. The smallest absolute Gasteiger partial charge is 0.335 e. The number of hydrogen-bond acceptors (Lipinski definition) is 6. The number of esters is 3. The maximum absolute atomic E-state index is 11.7. The molecule has 238 valence electrons. The largest absolute Gasteiger partial charge is 0.423 e. The first-order valence-electron chi connectivity index (χ1n) is 15.1. The van der Waals surface area contributed by atoms with Crippen LogP contribution in [0.3, 0.4) is 0 Å². The van der Waals surface area contributed by atoms with Gasteiger partial charge in [-0.2, -0.15) is 0 Å². The Bertz CT molecular complexity index is 1550. The molecule has 0 saturated carbocycles. The molecule has 0 amide bonds. The van der Waals surface area contributed by atoms with Gasteiger partial charge in [-0.3, -0.25) is 0 Å². The highest BCUT2D eigenvalue weighted by Crippen LogP contribution is 2.39. The predicted octanol–water partition coefficient (Wildman–Crippen LogP) is 8.77. The molecular weight excluding hydrogens is 576 g/mol. The molecule has 3 aromatic rings. The molecule has 0 aliphatic heterocycles. The van der Waals surface area contributed by atoms with E-state index in [0.29, 0.717) is 29.6 Å². The first kappa shape index (κ1) is 35.3. The number of rotatable bonds is 14. The van der Waals surface area contributed by atoms with Crippen LogP contribution < -0.4 is 14.2 Å². The van der Waals surface area contributed by atoms with Crippen LogP contribution in [0.1, 0.15) is 57.7 Å². The molecular formula is C40H42O6. The van der Waals surface area contributed by atoms with E-state index < -0.39 is 23.3 Å². The Morgan fingerprint density at radius 3 is 1.30 bits per heavy atom. The van der Waals surface area contributed by atoms with E-state index in [1.165, 1.54) is 0 Å². The fraction of sp³-hybridized carbons (Fsp3) is 0.225. The van der Waals surface area contributed by atoms with Crippen LogP contribution >= 0.6 is 0 Å². The lowest BCUT2D eigenvalue weighted by molar-refractivity contribution is -0.129. The average molecular weight is 619 g/mol. The van der Waals surface area contributed by atoms with Gasteiger partial charge in [0.1, 0.15) is 17.2 Å². The second-order valence-electron chi connectivity index (χ2n) is 11.9. The van der Waals surface area contributed by atoms with Gasteiger partial charge in [-0.25, -0.2) is 14.4 Å². The van der Waals surface area contributed by atoms with Gasteiger partial charge < -0.3 is 14.2 Å². The van der Waals surface area contributed by atoms with Crippen LogP contribution in [0.5, 0.6) is 17.2 Å². The van der Waals surface area contributed by atoms with Crippen LogP contribution in [0.2, 0.25) is 0 Å². The second kappa shape index (κ2) is 15.7. The van der Waals surface area contributed by atoms with Crippen molar-refractivity contribution in [1.82, 2.24) is 0 Å². The monoisotopic (exact) mass is 618 g/mol. The Kier molecular flexibility index (Phi) is 12.0. The summed E-state index contributed by atoms with van der Waals surface area (Å²) in [6, 6.07) is 22.4. The van der Waals surface area contributed by atoms with Gasteiger partial charge in [-0.15, -0.1) is 0 Å². The highest BCUT2D eigenvalue weighted by atomic mass is 16.5. The average Bonchev–Trinajstić information content (AvgIpc) is 3.04. The predicted molar refractivity (Wildman–Crippen MR) is 183 cm³/mol. The van der Waals surface area contributed by atoms with Crippen LogP contribution in [0, 0.1) is 5.92 Å². The molecule has 0 fully saturated rings. The van der Waals surface area contributed by atoms with E-state index in [4.69, 9.17) is 14.2 Å². The lowest BCUT2D eigenvalue weighted by atomic mass is 9.72. The summed E-state index contributed by atoms with van der Waals surface area (Å²) in [6.45, 7) is 21.1. The van der Waals surface area contributed by atoms with Crippen molar-refractivity contribution in [2.24, 2.45) is 5.92 Å². The number of carbonyl (C=O) groups is 3. The summed E-state index contributed by atoms with van der Waals surface area (Å²) < 4.78 is 15.9. The summed E-state index contributed by atoms with van der Waals surface area (Å²) in [7, 11) is 0. The van der Waals surface area contributed by atoms with Crippen molar-refractivity contribution in [1.29, 1.82) is 0 Å². The third kappa shape index (κ3) is 9.14. The van der Waals surface area contributed by atoms with E-state index in [-0.39, 0.29) is 5.41 Å². The van der Waals surface area contributed by atoms with E-state index in [1.54, 1.807) is 36.4 Å². The van der Waals surface area contributed by atoms with E-state index in [0.717, 1.165) is 40.5 Å². The Hall–Kier alpha value is -5.23. The molecule has 0 saturated heterocycles. The Morgan fingerprint density at radius 1 is 0.630 bits per heavy atom. The molecule has 0 bridgehead atoms. The first-order valence-corrected chi connectivity index (χ1v) is 15.1. The molecule has 0 atom stereocenters. The van der Waals surface area contributed by atoms with E-state index in [2.05, 4.69) is 72.6 Å². The number of carbonyl (C=O) groups excluding carboxylic acids is 3. The number of hydrogen-bond donors (Lipinski definition) is 0. The zero-order chi connectivity index (χ0) is 33.9. The van der Waals surface area contributed by atoms with Crippen molar-refractivity contribution in [2.45, 2.75) is 51.9 Å². The minimum Gasteiger partial charge on any atom is -0.423 e. The molecule has 3 aromatic carbocycles. The van der Waals surface area contributed by atoms with Gasteiger partial charge in [-0.05, 0) is 71.0 Å². The van der Waals surface area contributed by atoms with Gasteiger partial charge in [0.2, 0.25) is 0 Å².